The van der Waals surface area contributed by atoms with Gasteiger partial charge in [0.2, 0.25) is 0 Å². The highest BCUT2D eigenvalue weighted by Gasteiger charge is 2.12. The molecule has 0 radical (unpaired) electrons. The molecule has 0 heterocycles. The van der Waals surface area contributed by atoms with Crippen molar-refractivity contribution in [1.82, 2.24) is 0 Å². The quantitative estimate of drug-likeness (QED) is 0.848. The summed E-state index contributed by atoms with van der Waals surface area (Å²) in [5, 5.41) is 10.1. The molecule has 0 spiro atoms. The molecule has 3 N–H and O–H groups in total. The maximum atomic E-state index is 10.1. The molecule has 2 aromatic rings. The summed E-state index contributed by atoms with van der Waals surface area (Å²) in [5.41, 5.74) is 7.90. The first-order valence-electron chi connectivity index (χ1n) is 6.92. The van der Waals surface area contributed by atoms with Gasteiger partial charge in [0.15, 0.2) is 0 Å². The highest BCUT2D eigenvalue weighted by atomic mass is 16.5. The second-order valence-corrected chi connectivity index (χ2v) is 4.79. The molecule has 3 nitrogen and oxygen atoms in total. The first-order chi connectivity index (χ1) is 9.72. The summed E-state index contributed by atoms with van der Waals surface area (Å²) >= 11 is 0. The van der Waals surface area contributed by atoms with Gasteiger partial charge in [-0.25, -0.2) is 0 Å². The van der Waals surface area contributed by atoms with Gasteiger partial charge in [-0.15, -0.1) is 0 Å². The Balaban J connectivity index is 2.04. The lowest BCUT2D eigenvalue weighted by atomic mass is 10.0. The van der Waals surface area contributed by atoms with Crippen molar-refractivity contribution in [3.63, 3.8) is 0 Å². The van der Waals surface area contributed by atoms with Crippen LogP contribution >= 0.6 is 0 Å². The van der Waals surface area contributed by atoms with Gasteiger partial charge in [-0.2, -0.15) is 0 Å². The molecule has 3 heteroatoms. The van der Waals surface area contributed by atoms with Crippen LogP contribution in [-0.2, 0) is 0 Å². The van der Waals surface area contributed by atoms with Crippen molar-refractivity contribution in [2.75, 3.05) is 6.61 Å². The zero-order valence-corrected chi connectivity index (χ0v) is 11.7. The Morgan fingerprint density at radius 3 is 2.40 bits per heavy atom. The fourth-order valence-corrected chi connectivity index (χ4v) is 2.08. The first-order valence-corrected chi connectivity index (χ1v) is 6.92. The summed E-state index contributed by atoms with van der Waals surface area (Å²) in [6.07, 6.45) is 0.212. The molecule has 0 fully saturated rings. The van der Waals surface area contributed by atoms with Crippen molar-refractivity contribution in [3.8, 4) is 5.75 Å². The maximum absolute atomic E-state index is 10.1. The van der Waals surface area contributed by atoms with Crippen LogP contribution in [0.4, 0.5) is 0 Å². The van der Waals surface area contributed by atoms with E-state index in [9.17, 15) is 5.11 Å². The van der Waals surface area contributed by atoms with Crippen LogP contribution in [0.1, 0.15) is 36.6 Å². The molecule has 2 rings (SSSR count). The average molecular weight is 271 g/mol. The minimum Gasteiger partial charge on any atom is -0.490 e. The van der Waals surface area contributed by atoms with E-state index in [0.717, 1.165) is 23.3 Å². The molecule has 2 unspecified atom stereocenters. The van der Waals surface area contributed by atoms with E-state index in [4.69, 9.17) is 10.5 Å². The van der Waals surface area contributed by atoms with Crippen molar-refractivity contribution < 1.29 is 9.84 Å². The van der Waals surface area contributed by atoms with Gasteiger partial charge in [-0.3, -0.25) is 0 Å². The van der Waals surface area contributed by atoms with E-state index in [1.807, 2.05) is 61.5 Å². The normalized spacial score (nSPS) is 13.8. The van der Waals surface area contributed by atoms with Gasteiger partial charge in [0.05, 0.1) is 0 Å². The van der Waals surface area contributed by atoms with E-state index in [1.165, 1.54) is 0 Å². The van der Waals surface area contributed by atoms with Crippen molar-refractivity contribution in [3.05, 3.63) is 65.7 Å². The molecule has 0 aliphatic carbocycles. The maximum Gasteiger partial charge on any atom is 0.124 e. The summed E-state index contributed by atoms with van der Waals surface area (Å²) in [7, 11) is 0. The molecule has 20 heavy (non-hydrogen) atoms. The van der Waals surface area contributed by atoms with E-state index in [1.54, 1.807) is 0 Å². The minimum atomic E-state index is -0.637. The van der Waals surface area contributed by atoms with Gasteiger partial charge < -0.3 is 15.6 Å². The van der Waals surface area contributed by atoms with Crippen LogP contribution in [0, 0.1) is 0 Å². The average Bonchev–Trinajstić information content (AvgIpc) is 2.53. The minimum absolute atomic E-state index is 0.0416. The number of ether oxygens (including phenoxy) is 1. The van der Waals surface area contributed by atoms with Crippen molar-refractivity contribution >= 4 is 0 Å². The van der Waals surface area contributed by atoms with Crippen LogP contribution in [0.2, 0.25) is 0 Å². The van der Waals surface area contributed by atoms with Crippen molar-refractivity contribution in [2.45, 2.75) is 25.5 Å². The highest BCUT2D eigenvalue weighted by Crippen LogP contribution is 2.26. The summed E-state index contributed by atoms with van der Waals surface area (Å²) in [4.78, 5) is 0. The predicted octanol–water partition coefficient (Wildman–Crippen LogP) is 3.21. The second kappa shape index (κ2) is 7.08. The monoisotopic (exact) mass is 271 g/mol. The van der Waals surface area contributed by atoms with Gasteiger partial charge >= 0.3 is 0 Å². The zero-order chi connectivity index (χ0) is 14.4. The Morgan fingerprint density at radius 2 is 1.70 bits per heavy atom. The van der Waals surface area contributed by atoms with Crippen LogP contribution in [-0.4, -0.2) is 11.7 Å². The van der Waals surface area contributed by atoms with E-state index >= 15 is 0 Å². The Bertz CT molecular complexity index is 528. The van der Waals surface area contributed by atoms with Crippen LogP contribution < -0.4 is 10.5 Å². The van der Waals surface area contributed by atoms with Crippen LogP contribution in [0.5, 0.6) is 5.75 Å². The van der Waals surface area contributed by atoms with E-state index in [0.29, 0.717) is 0 Å². The third-order valence-electron chi connectivity index (χ3n) is 3.34. The lowest BCUT2D eigenvalue weighted by molar-refractivity contribution is 0.107. The van der Waals surface area contributed by atoms with Gasteiger partial charge in [-0.1, -0.05) is 55.5 Å². The second-order valence-electron chi connectivity index (χ2n) is 4.79. The molecule has 0 bridgehead atoms. The lowest BCUT2D eigenvalue weighted by Gasteiger charge is -2.17. The topological polar surface area (TPSA) is 55.5 Å². The summed E-state index contributed by atoms with van der Waals surface area (Å²) in [5.74, 6) is 0.747. The molecule has 0 amide bonds. The van der Waals surface area contributed by atoms with Gasteiger partial charge in [0.1, 0.15) is 18.5 Å². The Morgan fingerprint density at radius 1 is 1.05 bits per heavy atom. The van der Waals surface area contributed by atoms with Crippen molar-refractivity contribution in [2.24, 2.45) is 5.73 Å². The number of rotatable bonds is 6. The predicted molar refractivity (Wildman–Crippen MR) is 80.6 cm³/mol. The van der Waals surface area contributed by atoms with Crippen LogP contribution in [0.25, 0.3) is 0 Å². The molecule has 2 aromatic carbocycles. The summed E-state index contributed by atoms with van der Waals surface area (Å²) in [6, 6.07) is 17.2. The summed E-state index contributed by atoms with van der Waals surface area (Å²) < 4.78 is 5.75. The Labute approximate surface area is 120 Å². The third-order valence-corrected chi connectivity index (χ3v) is 3.34. The molecule has 0 aromatic heterocycles. The smallest absolute Gasteiger partial charge is 0.124 e. The number of hydrogen-bond donors (Lipinski definition) is 2. The number of nitrogens with two attached hydrogens (primary N) is 1. The third kappa shape index (κ3) is 3.59. The van der Waals surface area contributed by atoms with Crippen LogP contribution in [0.3, 0.4) is 0 Å². The Kier molecular flexibility index (Phi) is 5.16. The molecular formula is C17H21NO2. The highest BCUT2D eigenvalue weighted by molar-refractivity contribution is 5.35. The zero-order valence-electron chi connectivity index (χ0n) is 11.7. The molecule has 106 valence electrons. The van der Waals surface area contributed by atoms with E-state index in [2.05, 4.69) is 0 Å². The number of aliphatic hydroxyl groups is 1. The van der Waals surface area contributed by atoms with E-state index in [-0.39, 0.29) is 12.6 Å². The van der Waals surface area contributed by atoms with E-state index < -0.39 is 6.10 Å². The fraction of sp³-hybridized carbons (Fsp3) is 0.294. The number of benzene rings is 2. The molecular weight excluding hydrogens is 250 g/mol. The van der Waals surface area contributed by atoms with Crippen molar-refractivity contribution in [1.29, 1.82) is 0 Å². The SMILES string of the molecule is CCC(N)c1ccccc1OCC(O)c1ccccc1. The Hall–Kier alpha value is -1.84. The first kappa shape index (κ1) is 14.6. The van der Waals surface area contributed by atoms with Gasteiger partial charge in [-0.05, 0) is 18.1 Å². The number of para-hydroxylation sites is 1. The summed E-state index contributed by atoms with van der Waals surface area (Å²) in [6.45, 7) is 2.26. The molecule has 0 saturated heterocycles. The molecule has 0 aliphatic rings. The lowest BCUT2D eigenvalue weighted by Crippen LogP contribution is -2.14. The van der Waals surface area contributed by atoms with Crippen LogP contribution in [0.15, 0.2) is 54.6 Å². The van der Waals surface area contributed by atoms with Gasteiger partial charge in [0.25, 0.3) is 0 Å². The standard InChI is InChI=1S/C17H21NO2/c1-2-15(18)14-10-6-7-11-17(14)20-12-16(19)13-8-4-3-5-9-13/h3-11,15-16,19H,2,12,18H2,1H3. The largest absolute Gasteiger partial charge is 0.490 e. The molecule has 2 atom stereocenters. The van der Waals surface area contributed by atoms with Gasteiger partial charge in [0, 0.05) is 11.6 Å². The fourth-order valence-electron chi connectivity index (χ4n) is 2.08. The number of aliphatic hydroxyl groups excluding tert-OH is 1. The molecule has 0 aliphatic heterocycles. The molecule has 0 saturated carbocycles. The number of hydrogen-bond acceptors (Lipinski definition) is 3.